The Morgan fingerprint density at radius 1 is 1.14 bits per heavy atom. The molecular weight excluding hydrogens is 347 g/mol. The molecule has 0 saturated carbocycles. The molecule has 2 aromatic carbocycles. The number of aromatic carboxylic acids is 1. The number of rotatable bonds is 4. The van der Waals surface area contributed by atoms with Crippen molar-refractivity contribution in [2.24, 2.45) is 5.10 Å². The Morgan fingerprint density at radius 2 is 1.86 bits per heavy atom. The number of nitrogens with one attached hydrogen (secondary N) is 1. The predicted octanol–water partition coefficient (Wildman–Crippen LogP) is 5.18. The number of carboxylic acid groups (broad SMARTS) is 1. The van der Waals surface area contributed by atoms with Crippen molar-refractivity contribution in [1.82, 2.24) is 0 Å². The van der Waals surface area contributed by atoms with Crippen LogP contribution in [0.4, 0.5) is 5.69 Å². The molecule has 0 spiro atoms. The lowest BCUT2D eigenvalue weighted by Crippen LogP contribution is -2.02. The van der Waals surface area contributed by atoms with Gasteiger partial charge in [0.15, 0.2) is 0 Å². The lowest BCUT2D eigenvalue weighted by Gasteiger charge is -2.08. The summed E-state index contributed by atoms with van der Waals surface area (Å²) in [4.78, 5) is 10.9. The van der Waals surface area contributed by atoms with Crippen LogP contribution in [0.5, 0.6) is 0 Å². The second-order valence-electron chi connectivity index (χ2n) is 4.42. The van der Waals surface area contributed by atoms with Crippen LogP contribution in [-0.4, -0.2) is 16.8 Å². The first-order valence-electron chi connectivity index (χ1n) is 6.17. The van der Waals surface area contributed by atoms with E-state index in [2.05, 4.69) is 10.5 Å². The van der Waals surface area contributed by atoms with Crippen LogP contribution in [0.3, 0.4) is 0 Å². The molecule has 7 heteroatoms. The quantitative estimate of drug-likeness (QED) is 0.450. The smallest absolute Gasteiger partial charge is 0.335 e. The van der Waals surface area contributed by atoms with E-state index < -0.39 is 5.97 Å². The summed E-state index contributed by atoms with van der Waals surface area (Å²) in [7, 11) is 0. The van der Waals surface area contributed by atoms with E-state index in [0.717, 1.165) is 0 Å². The summed E-state index contributed by atoms with van der Waals surface area (Å²) >= 11 is 18.0. The molecule has 4 nitrogen and oxygen atoms in total. The third-order valence-electron chi connectivity index (χ3n) is 2.89. The van der Waals surface area contributed by atoms with Crippen molar-refractivity contribution in [2.45, 2.75) is 6.92 Å². The first kappa shape index (κ1) is 16.6. The minimum Gasteiger partial charge on any atom is -0.478 e. The zero-order chi connectivity index (χ0) is 16.3. The van der Waals surface area contributed by atoms with E-state index in [9.17, 15) is 4.79 Å². The number of halogens is 3. The summed E-state index contributed by atoms with van der Waals surface area (Å²) in [5.41, 5.74) is 4.74. The van der Waals surface area contributed by atoms with Crippen LogP contribution in [0.15, 0.2) is 41.5 Å². The first-order valence-corrected chi connectivity index (χ1v) is 7.31. The molecule has 114 valence electrons. The third kappa shape index (κ3) is 3.71. The van der Waals surface area contributed by atoms with Crippen molar-refractivity contribution in [3.05, 3.63) is 62.6 Å². The molecule has 0 aliphatic rings. The van der Waals surface area contributed by atoms with Crippen LogP contribution < -0.4 is 5.43 Å². The van der Waals surface area contributed by atoms with Crippen molar-refractivity contribution >= 4 is 52.2 Å². The first-order chi connectivity index (χ1) is 10.4. The summed E-state index contributed by atoms with van der Waals surface area (Å²) in [6.07, 6.45) is 0. The van der Waals surface area contributed by atoms with Gasteiger partial charge in [0, 0.05) is 5.56 Å². The van der Waals surface area contributed by atoms with Gasteiger partial charge in [0.1, 0.15) is 0 Å². The zero-order valence-electron chi connectivity index (χ0n) is 11.4. The fraction of sp³-hybridized carbons (Fsp3) is 0.0667. The maximum absolute atomic E-state index is 10.9. The van der Waals surface area contributed by atoms with Gasteiger partial charge in [0.2, 0.25) is 0 Å². The SMILES string of the molecule is CC(=NNc1cccc(C(=O)O)c1)c1ccc(Cl)c(Cl)c1Cl. The molecule has 2 N–H and O–H groups in total. The van der Waals surface area contributed by atoms with Gasteiger partial charge in [-0.2, -0.15) is 5.10 Å². The van der Waals surface area contributed by atoms with E-state index in [-0.39, 0.29) is 10.6 Å². The maximum Gasteiger partial charge on any atom is 0.335 e. The van der Waals surface area contributed by atoms with E-state index in [4.69, 9.17) is 39.9 Å². The largest absolute Gasteiger partial charge is 0.478 e. The molecule has 0 unspecified atom stereocenters. The van der Waals surface area contributed by atoms with Crippen LogP contribution in [0.2, 0.25) is 15.1 Å². The number of hydrazone groups is 1. The minimum absolute atomic E-state index is 0.172. The summed E-state index contributed by atoms with van der Waals surface area (Å²) in [6.45, 7) is 1.75. The lowest BCUT2D eigenvalue weighted by molar-refractivity contribution is 0.0697. The monoisotopic (exact) mass is 356 g/mol. The number of benzene rings is 2. The van der Waals surface area contributed by atoms with E-state index in [1.165, 1.54) is 12.1 Å². The highest BCUT2D eigenvalue weighted by atomic mass is 35.5. The molecule has 0 aliphatic heterocycles. The van der Waals surface area contributed by atoms with Crippen molar-refractivity contribution in [2.75, 3.05) is 5.43 Å². The number of hydrogen-bond donors (Lipinski definition) is 2. The highest BCUT2D eigenvalue weighted by Gasteiger charge is 2.11. The number of hydrogen-bond acceptors (Lipinski definition) is 3. The Kier molecular flexibility index (Phi) is 5.29. The lowest BCUT2D eigenvalue weighted by atomic mass is 10.1. The second kappa shape index (κ2) is 7.01. The van der Waals surface area contributed by atoms with Gasteiger partial charge in [0.25, 0.3) is 0 Å². The molecule has 0 amide bonds. The van der Waals surface area contributed by atoms with E-state index in [1.807, 2.05) is 0 Å². The molecule has 0 bridgehead atoms. The summed E-state index contributed by atoms with van der Waals surface area (Å²) < 4.78 is 0. The molecule has 0 atom stereocenters. The molecule has 0 saturated heterocycles. The number of nitrogens with zero attached hydrogens (tertiary/aromatic N) is 1. The molecule has 2 rings (SSSR count). The Hall–Kier alpha value is -1.75. The van der Waals surface area contributed by atoms with E-state index >= 15 is 0 Å². The van der Waals surface area contributed by atoms with Crippen LogP contribution in [0.25, 0.3) is 0 Å². The molecule has 0 heterocycles. The van der Waals surface area contributed by atoms with Crippen molar-refractivity contribution in [3.63, 3.8) is 0 Å². The van der Waals surface area contributed by atoms with E-state index in [0.29, 0.717) is 27.0 Å². The van der Waals surface area contributed by atoms with Crippen molar-refractivity contribution < 1.29 is 9.90 Å². The highest BCUT2D eigenvalue weighted by molar-refractivity contribution is 6.49. The molecule has 22 heavy (non-hydrogen) atoms. The molecule has 0 aliphatic carbocycles. The molecule has 2 aromatic rings. The molecule has 0 fully saturated rings. The Morgan fingerprint density at radius 3 is 2.55 bits per heavy atom. The summed E-state index contributed by atoms with van der Waals surface area (Å²) in [6, 6.07) is 9.66. The van der Waals surface area contributed by atoms with Gasteiger partial charge in [-0.3, -0.25) is 5.43 Å². The predicted molar refractivity (Wildman–Crippen MR) is 90.7 cm³/mol. The number of carboxylic acids is 1. The third-order valence-corrected chi connectivity index (χ3v) is 4.18. The van der Waals surface area contributed by atoms with Crippen LogP contribution >= 0.6 is 34.8 Å². The fourth-order valence-corrected chi connectivity index (χ4v) is 2.41. The Bertz CT molecular complexity index is 760. The van der Waals surface area contributed by atoms with Crippen LogP contribution in [-0.2, 0) is 0 Å². The van der Waals surface area contributed by atoms with Gasteiger partial charge in [-0.05, 0) is 31.2 Å². The fourth-order valence-electron chi connectivity index (χ4n) is 1.74. The molecular formula is C15H11Cl3N2O2. The van der Waals surface area contributed by atoms with Crippen LogP contribution in [0, 0.1) is 0 Å². The maximum atomic E-state index is 10.9. The summed E-state index contributed by atoms with van der Waals surface area (Å²) in [5, 5.41) is 14.1. The van der Waals surface area contributed by atoms with Gasteiger partial charge in [-0.15, -0.1) is 0 Å². The van der Waals surface area contributed by atoms with Gasteiger partial charge in [-0.25, -0.2) is 4.79 Å². The van der Waals surface area contributed by atoms with Gasteiger partial charge in [-0.1, -0.05) is 46.9 Å². The average Bonchev–Trinajstić information content (AvgIpc) is 2.50. The molecule has 0 radical (unpaired) electrons. The van der Waals surface area contributed by atoms with Crippen LogP contribution in [0.1, 0.15) is 22.8 Å². The summed E-state index contributed by atoms with van der Waals surface area (Å²) in [5.74, 6) is -1.00. The topological polar surface area (TPSA) is 61.7 Å². The zero-order valence-corrected chi connectivity index (χ0v) is 13.7. The van der Waals surface area contributed by atoms with E-state index in [1.54, 1.807) is 31.2 Å². The normalized spacial score (nSPS) is 11.4. The number of carbonyl (C=O) groups is 1. The van der Waals surface area contributed by atoms with Gasteiger partial charge >= 0.3 is 5.97 Å². The van der Waals surface area contributed by atoms with Gasteiger partial charge < -0.3 is 5.11 Å². The van der Waals surface area contributed by atoms with Crippen molar-refractivity contribution in [1.29, 1.82) is 0 Å². The highest BCUT2D eigenvalue weighted by Crippen LogP contribution is 2.32. The number of anilines is 1. The average molecular weight is 358 g/mol. The Balaban J connectivity index is 2.25. The second-order valence-corrected chi connectivity index (χ2v) is 5.58. The molecule has 0 aromatic heterocycles. The standard InChI is InChI=1S/C15H11Cl3N2O2/c1-8(11-5-6-12(16)14(18)13(11)17)19-20-10-4-2-3-9(7-10)15(21)22/h2-7,20H,1H3,(H,21,22). The Labute approximate surface area is 142 Å². The van der Waals surface area contributed by atoms with Gasteiger partial charge in [0.05, 0.1) is 32.0 Å². The minimum atomic E-state index is -1.00. The van der Waals surface area contributed by atoms with Crippen molar-refractivity contribution in [3.8, 4) is 0 Å².